The molecule has 1 N–H and O–H groups in total. The average Bonchev–Trinajstić information content (AvgIpc) is 2.42. The molecule has 0 saturated carbocycles. The lowest BCUT2D eigenvalue weighted by Gasteiger charge is -2.21. The Balaban J connectivity index is 2.30. The van der Waals surface area contributed by atoms with Crippen LogP contribution in [0.15, 0.2) is 36.4 Å². The third kappa shape index (κ3) is 4.30. The minimum Gasteiger partial charge on any atom is -0.310 e. The van der Waals surface area contributed by atoms with Crippen LogP contribution in [0.25, 0.3) is 0 Å². The van der Waals surface area contributed by atoms with Crippen LogP contribution in [-0.2, 0) is 6.42 Å². The molecule has 0 radical (unpaired) electrons. The van der Waals surface area contributed by atoms with Crippen molar-refractivity contribution in [2.45, 2.75) is 40.2 Å². The van der Waals surface area contributed by atoms with E-state index in [1.165, 1.54) is 31.4 Å². The predicted octanol–water partition coefficient (Wildman–Crippen LogP) is 5.11. The van der Waals surface area contributed by atoms with Crippen LogP contribution in [0, 0.1) is 24.3 Å². The van der Waals surface area contributed by atoms with E-state index in [1.807, 2.05) is 0 Å². The minimum atomic E-state index is 0.382. The molecule has 0 fully saturated rings. The fourth-order valence-corrected chi connectivity index (χ4v) is 3.34. The maximum absolute atomic E-state index is 3.63. The van der Waals surface area contributed by atoms with Gasteiger partial charge >= 0.3 is 0 Å². The molecular formula is C19H24IN. The second-order valence-electron chi connectivity index (χ2n) is 5.74. The average molecular weight is 393 g/mol. The van der Waals surface area contributed by atoms with Crippen molar-refractivity contribution in [1.82, 2.24) is 5.32 Å². The van der Waals surface area contributed by atoms with E-state index in [-0.39, 0.29) is 0 Å². The van der Waals surface area contributed by atoms with Gasteiger partial charge in [0.2, 0.25) is 0 Å². The fourth-order valence-electron chi connectivity index (χ4n) is 2.99. The van der Waals surface area contributed by atoms with Crippen molar-refractivity contribution in [3.05, 3.63) is 67.8 Å². The van der Waals surface area contributed by atoms with Crippen molar-refractivity contribution in [2.75, 3.05) is 6.54 Å². The van der Waals surface area contributed by atoms with Crippen LogP contribution in [-0.4, -0.2) is 6.54 Å². The van der Waals surface area contributed by atoms with Gasteiger partial charge in [0.25, 0.3) is 0 Å². The fraction of sp³-hybridized carbons (Fsp3) is 0.368. The van der Waals surface area contributed by atoms with E-state index in [4.69, 9.17) is 0 Å². The SMILES string of the molecule is CCNC(Cc1c(C)cc(C)cc1C)c1ccc(I)cc1. The van der Waals surface area contributed by atoms with E-state index in [0.717, 1.165) is 13.0 Å². The highest BCUT2D eigenvalue weighted by Gasteiger charge is 2.14. The quantitative estimate of drug-likeness (QED) is 0.697. The van der Waals surface area contributed by atoms with Crippen LogP contribution >= 0.6 is 22.6 Å². The molecule has 0 aromatic heterocycles. The molecule has 1 unspecified atom stereocenters. The molecule has 21 heavy (non-hydrogen) atoms. The molecule has 2 rings (SSSR count). The summed E-state index contributed by atoms with van der Waals surface area (Å²) in [6.07, 6.45) is 1.05. The molecular weight excluding hydrogens is 369 g/mol. The van der Waals surface area contributed by atoms with Gasteiger partial charge in [-0.3, -0.25) is 0 Å². The first kappa shape index (κ1) is 16.5. The zero-order valence-corrected chi connectivity index (χ0v) is 15.5. The molecule has 0 aliphatic rings. The number of hydrogen-bond donors (Lipinski definition) is 1. The smallest absolute Gasteiger partial charge is 0.0360 e. The van der Waals surface area contributed by atoms with Crippen LogP contribution in [0.1, 0.15) is 40.8 Å². The summed E-state index contributed by atoms with van der Waals surface area (Å²) < 4.78 is 1.29. The van der Waals surface area contributed by atoms with Gasteiger partial charge in [0.1, 0.15) is 0 Å². The highest BCUT2D eigenvalue weighted by molar-refractivity contribution is 14.1. The van der Waals surface area contributed by atoms with Gasteiger partial charge in [-0.25, -0.2) is 0 Å². The summed E-state index contributed by atoms with van der Waals surface area (Å²) in [4.78, 5) is 0. The highest BCUT2D eigenvalue weighted by atomic mass is 127. The lowest BCUT2D eigenvalue weighted by atomic mass is 9.91. The molecule has 2 aromatic carbocycles. The van der Waals surface area contributed by atoms with E-state index < -0.39 is 0 Å². The Morgan fingerprint density at radius 2 is 1.57 bits per heavy atom. The molecule has 0 spiro atoms. The Morgan fingerprint density at radius 1 is 1.00 bits per heavy atom. The summed E-state index contributed by atoms with van der Waals surface area (Å²) in [6, 6.07) is 13.8. The van der Waals surface area contributed by atoms with Gasteiger partial charge in [0.05, 0.1) is 0 Å². The summed E-state index contributed by atoms with van der Waals surface area (Å²) >= 11 is 2.36. The van der Waals surface area contributed by atoms with Crippen LogP contribution in [0.3, 0.4) is 0 Å². The summed E-state index contributed by atoms with van der Waals surface area (Å²) in [5.74, 6) is 0. The van der Waals surface area contributed by atoms with Gasteiger partial charge < -0.3 is 5.32 Å². The van der Waals surface area contributed by atoms with E-state index >= 15 is 0 Å². The second-order valence-corrected chi connectivity index (χ2v) is 6.99. The van der Waals surface area contributed by atoms with Crippen molar-refractivity contribution in [2.24, 2.45) is 0 Å². The Morgan fingerprint density at radius 3 is 2.10 bits per heavy atom. The Hall–Kier alpha value is -0.870. The molecule has 2 aromatic rings. The largest absolute Gasteiger partial charge is 0.310 e. The van der Waals surface area contributed by atoms with Crippen LogP contribution in [0.5, 0.6) is 0 Å². The first-order valence-electron chi connectivity index (χ1n) is 7.56. The summed E-state index contributed by atoms with van der Waals surface area (Å²) in [5.41, 5.74) is 7.01. The third-order valence-corrected chi connectivity index (χ3v) is 4.69. The monoisotopic (exact) mass is 393 g/mol. The predicted molar refractivity (Wildman–Crippen MR) is 99.9 cm³/mol. The molecule has 0 aliphatic heterocycles. The lowest BCUT2D eigenvalue weighted by molar-refractivity contribution is 0.547. The Labute approximate surface area is 142 Å². The lowest BCUT2D eigenvalue weighted by Crippen LogP contribution is -2.23. The van der Waals surface area contributed by atoms with Crippen LogP contribution in [0.4, 0.5) is 0 Å². The number of benzene rings is 2. The summed E-state index contributed by atoms with van der Waals surface area (Å²) in [5, 5.41) is 3.63. The number of nitrogens with one attached hydrogen (secondary N) is 1. The zero-order valence-electron chi connectivity index (χ0n) is 13.3. The topological polar surface area (TPSA) is 12.0 Å². The van der Waals surface area contributed by atoms with E-state index in [0.29, 0.717) is 6.04 Å². The Bertz CT molecular complexity index is 578. The van der Waals surface area contributed by atoms with Gasteiger partial charge in [0.15, 0.2) is 0 Å². The van der Waals surface area contributed by atoms with Crippen molar-refractivity contribution in [3.63, 3.8) is 0 Å². The van der Waals surface area contributed by atoms with Gasteiger partial charge in [-0.05, 0) is 90.7 Å². The normalized spacial score (nSPS) is 12.4. The van der Waals surface area contributed by atoms with Gasteiger partial charge in [0, 0.05) is 9.61 Å². The molecule has 0 amide bonds. The number of rotatable bonds is 5. The minimum absolute atomic E-state index is 0.382. The third-order valence-electron chi connectivity index (χ3n) is 3.97. The standard InChI is InChI=1S/C19H24IN/c1-5-21-19(16-6-8-17(20)9-7-16)12-18-14(3)10-13(2)11-15(18)4/h6-11,19,21H,5,12H2,1-4H3. The maximum Gasteiger partial charge on any atom is 0.0360 e. The summed E-state index contributed by atoms with van der Waals surface area (Å²) in [7, 11) is 0. The number of halogens is 1. The van der Waals surface area contributed by atoms with E-state index in [1.54, 1.807) is 0 Å². The van der Waals surface area contributed by atoms with Crippen molar-refractivity contribution in [3.8, 4) is 0 Å². The molecule has 112 valence electrons. The number of hydrogen-bond acceptors (Lipinski definition) is 1. The van der Waals surface area contributed by atoms with Gasteiger partial charge in [-0.1, -0.05) is 36.8 Å². The molecule has 0 bridgehead atoms. The maximum atomic E-state index is 3.63. The molecule has 2 heteroatoms. The summed E-state index contributed by atoms with van der Waals surface area (Å²) in [6.45, 7) is 9.79. The Kier molecular flexibility index (Phi) is 5.82. The zero-order chi connectivity index (χ0) is 15.4. The van der Waals surface area contributed by atoms with Crippen molar-refractivity contribution >= 4 is 22.6 Å². The van der Waals surface area contributed by atoms with E-state index in [2.05, 4.69) is 92.0 Å². The first-order chi connectivity index (χ1) is 10.0. The van der Waals surface area contributed by atoms with E-state index in [9.17, 15) is 0 Å². The van der Waals surface area contributed by atoms with Gasteiger partial charge in [-0.2, -0.15) is 0 Å². The van der Waals surface area contributed by atoms with Crippen LogP contribution < -0.4 is 5.32 Å². The molecule has 0 saturated heterocycles. The van der Waals surface area contributed by atoms with Crippen molar-refractivity contribution < 1.29 is 0 Å². The number of aryl methyl sites for hydroxylation is 3. The first-order valence-corrected chi connectivity index (χ1v) is 8.64. The highest BCUT2D eigenvalue weighted by Crippen LogP contribution is 2.24. The second kappa shape index (κ2) is 7.41. The van der Waals surface area contributed by atoms with Crippen LogP contribution in [0.2, 0.25) is 0 Å². The molecule has 1 nitrogen and oxygen atoms in total. The molecule has 0 heterocycles. The molecule has 0 aliphatic carbocycles. The number of likely N-dealkylation sites (N-methyl/N-ethyl adjacent to an activating group) is 1. The van der Waals surface area contributed by atoms with Crippen molar-refractivity contribution in [1.29, 1.82) is 0 Å². The van der Waals surface area contributed by atoms with Gasteiger partial charge in [-0.15, -0.1) is 0 Å². The molecule has 1 atom stereocenters.